The number of alkyl halides is 2. The summed E-state index contributed by atoms with van der Waals surface area (Å²) in [6, 6.07) is 4.82. The van der Waals surface area contributed by atoms with E-state index in [-0.39, 0.29) is 31.3 Å². The molecule has 0 spiro atoms. The van der Waals surface area contributed by atoms with Crippen LogP contribution in [0.4, 0.5) is 8.78 Å². The van der Waals surface area contributed by atoms with Crippen LogP contribution < -0.4 is 11.1 Å². The zero-order valence-corrected chi connectivity index (χ0v) is 16.0. The Bertz CT molecular complexity index is 862. The van der Waals surface area contributed by atoms with Gasteiger partial charge in [0.2, 0.25) is 18.2 Å². The van der Waals surface area contributed by atoms with E-state index >= 15 is 0 Å². The van der Waals surface area contributed by atoms with Crippen LogP contribution in [0.15, 0.2) is 18.2 Å². The molecule has 3 aliphatic heterocycles. The fraction of sp³-hybridized carbons (Fsp3) is 0.550. The number of nitrogens with one attached hydrogen (secondary N) is 1. The Hall–Kier alpha value is -2.39. The van der Waals surface area contributed by atoms with Crippen LogP contribution in [0.3, 0.4) is 0 Å². The predicted molar refractivity (Wildman–Crippen MR) is 99.9 cm³/mol. The Labute approximate surface area is 167 Å². The van der Waals surface area contributed by atoms with Gasteiger partial charge in [0, 0.05) is 38.2 Å². The highest BCUT2D eigenvalue weighted by molar-refractivity contribution is 6.05. The second-order valence-corrected chi connectivity index (χ2v) is 8.22. The van der Waals surface area contributed by atoms with Crippen molar-refractivity contribution in [3.8, 4) is 0 Å². The van der Waals surface area contributed by atoms with Gasteiger partial charge in [-0.15, -0.1) is 0 Å². The van der Waals surface area contributed by atoms with E-state index in [0.717, 1.165) is 11.1 Å². The first-order chi connectivity index (χ1) is 13.8. The number of fused-ring (bicyclic) bond motifs is 1. The number of hydrogen-bond donors (Lipinski definition) is 2. The molecule has 2 atom stereocenters. The third-order valence-corrected chi connectivity index (χ3v) is 6.33. The van der Waals surface area contributed by atoms with Gasteiger partial charge in [0.1, 0.15) is 6.04 Å². The number of rotatable bonds is 5. The summed E-state index contributed by atoms with van der Waals surface area (Å²) in [7, 11) is 0. The number of benzene rings is 1. The van der Waals surface area contributed by atoms with Crippen molar-refractivity contribution >= 4 is 17.7 Å². The zero-order chi connectivity index (χ0) is 20.8. The normalized spacial score (nSPS) is 27.7. The van der Waals surface area contributed by atoms with Crippen LogP contribution in [0.2, 0.25) is 0 Å². The second-order valence-electron chi connectivity index (χ2n) is 8.22. The number of piperidine rings is 1. The lowest BCUT2D eigenvalue weighted by Crippen LogP contribution is -2.52. The highest BCUT2D eigenvalue weighted by atomic mass is 19.3. The SMILES string of the molecule is NCC1(C(F)F)CCN(Cc2ccc3c(c2)CN(C2CCC(=O)NC2=O)C3=O)C1. The van der Waals surface area contributed by atoms with Crippen molar-refractivity contribution in [2.45, 2.75) is 44.8 Å². The first-order valence-electron chi connectivity index (χ1n) is 9.80. The largest absolute Gasteiger partial charge is 0.330 e. The molecule has 0 aromatic heterocycles. The van der Waals surface area contributed by atoms with Crippen molar-refractivity contribution in [1.29, 1.82) is 0 Å². The summed E-state index contributed by atoms with van der Waals surface area (Å²) in [6.45, 7) is 1.58. The molecule has 3 heterocycles. The highest BCUT2D eigenvalue weighted by Gasteiger charge is 2.45. The maximum Gasteiger partial charge on any atom is 0.255 e. The van der Waals surface area contributed by atoms with Crippen molar-refractivity contribution in [1.82, 2.24) is 15.1 Å². The summed E-state index contributed by atoms with van der Waals surface area (Å²) in [4.78, 5) is 39.7. The van der Waals surface area contributed by atoms with E-state index in [1.807, 2.05) is 17.0 Å². The quantitative estimate of drug-likeness (QED) is 0.708. The van der Waals surface area contributed by atoms with Crippen LogP contribution >= 0.6 is 0 Å². The molecular weight excluding hydrogens is 382 g/mol. The lowest BCUT2D eigenvalue weighted by molar-refractivity contribution is -0.136. The molecule has 0 aliphatic carbocycles. The first kappa shape index (κ1) is 19.9. The Balaban J connectivity index is 1.46. The number of imide groups is 1. The van der Waals surface area contributed by atoms with Gasteiger partial charge in [0.15, 0.2) is 0 Å². The summed E-state index contributed by atoms with van der Waals surface area (Å²) < 4.78 is 26.8. The van der Waals surface area contributed by atoms with Crippen molar-refractivity contribution in [2.24, 2.45) is 11.1 Å². The molecule has 3 amide bonds. The van der Waals surface area contributed by atoms with E-state index in [9.17, 15) is 23.2 Å². The summed E-state index contributed by atoms with van der Waals surface area (Å²) >= 11 is 0. The van der Waals surface area contributed by atoms with Crippen LogP contribution in [0.25, 0.3) is 0 Å². The summed E-state index contributed by atoms with van der Waals surface area (Å²) in [5, 5.41) is 2.29. The summed E-state index contributed by atoms with van der Waals surface area (Å²) in [5.74, 6) is -0.979. The lowest BCUT2D eigenvalue weighted by atomic mass is 9.88. The van der Waals surface area contributed by atoms with Gasteiger partial charge in [-0.05, 0) is 36.6 Å². The molecule has 0 radical (unpaired) electrons. The van der Waals surface area contributed by atoms with Crippen molar-refractivity contribution in [3.63, 3.8) is 0 Å². The minimum absolute atomic E-state index is 0.0409. The van der Waals surface area contributed by atoms with Crippen LogP contribution in [-0.2, 0) is 22.7 Å². The second kappa shape index (κ2) is 7.46. The molecule has 156 valence electrons. The Morgan fingerprint density at radius 3 is 2.72 bits per heavy atom. The number of amides is 3. The lowest BCUT2D eigenvalue weighted by Gasteiger charge is -2.29. The molecule has 2 fully saturated rings. The molecule has 0 saturated carbocycles. The number of nitrogens with zero attached hydrogens (tertiary/aromatic N) is 2. The molecule has 29 heavy (non-hydrogen) atoms. The Morgan fingerprint density at radius 2 is 2.07 bits per heavy atom. The average molecular weight is 406 g/mol. The molecule has 1 aromatic rings. The maximum absolute atomic E-state index is 13.4. The molecule has 1 aromatic carbocycles. The molecule has 3 aliphatic rings. The van der Waals surface area contributed by atoms with Crippen molar-refractivity contribution < 1.29 is 23.2 Å². The van der Waals surface area contributed by atoms with E-state index in [1.54, 1.807) is 6.07 Å². The van der Waals surface area contributed by atoms with Crippen LogP contribution in [0, 0.1) is 5.41 Å². The van der Waals surface area contributed by atoms with Crippen molar-refractivity contribution in [3.05, 3.63) is 34.9 Å². The van der Waals surface area contributed by atoms with Gasteiger partial charge >= 0.3 is 0 Å². The van der Waals surface area contributed by atoms with E-state index in [1.165, 1.54) is 4.90 Å². The molecule has 7 nitrogen and oxygen atoms in total. The Kier molecular flexibility index (Phi) is 5.12. The highest BCUT2D eigenvalue weighted by Crippen LogP contribution is 2.36. The predicted octanol–water partition coefficient (Wildman–Crippen LogP) is 0.863. The van der Waals surface area contributed by atoms with E-state index in [4.69, 9.17) is 5.73 Å². The summed E-state index contributed by atoms with van der Waals surface area (Å²) in [6.07, 6.45) is -1.55. The molecule has 9 heteroatoms. The third-order valence-electron chi connectivity index (χ3n) is 6.33. The Morgan fingerprint density at radius 1 is 1.28 bits per heavy atom. The maximum atomic E-state index is 13.4. The number of likely N-dealkylation sites (tertiary alicyclic amines) is 1. The molecule has 3 N–H and O–H groups in total. The molecule has 2 saturated heterocycles. The number of halogens is 2. The third kappa shape index (κ3) is 3.53. The number of hydrogen-bond acceptors (Lipinski definition) is 5. The molecular formula is C20H24F2N4O3. The van der Waals surface area contributed by atoms with E-state index in [2.05, 4.69) is 5.32 Å². The molecule has 4 rings (SSSR count). The van der Waals surface area contributed by atoms with Crippen molar-refractivity contribution in [2.75, 3.05) is 19.6 Å². The smallest absolute Gasteiger partial charge is 0.255 e. The molecule has 0 bridgehead atoms. The van der Waals surface area contributed by atoms with Gasteiger partial charge in [-0.3, -0.25) is 24.6 Å². The van der Waals surface area contributed by atoms with Crippen LogP contribution in [-0.4, -0.2) is 59.6 Å². The monoisotopic (exact) mass is 406 g/mol. The average Bonchev–Trinajstić information content (AvgIpc) is 3.24. The summed E-state index contributed by atoms with van der Waals surface area (Å²) in [5.41, 5.74) is 6.77. The number of carbonyl (C=O) groups is 3. The standard InChI is InChI=1S/C20H24F2N4O3/c21-19(22)20(10-23)5-6-25(11-20)8-12-1-2-14-13(7-12)9-26(18(14)29)15-3-4-16(27)24-17(15)28/h1-2,7,15,19H,3-6,8-11,23H2,(H,24,27,28). The topological polar surface area (TPSA) is 95.7 Å². The van der Waals surface area contributed by atoms with Crippen LogP contribution in [0.5, 0.6) is 0 Å². The van der Waals surface area contributed by atoms with Gasteiger partial charge in [-0.1, -0.05) is 12.1 Å². The van der Waals surface area contributed by atoms with Gasteiger partial charge < -0.3 is 10.6 Å². The minimum atomic E-state index is -2.45. The fourth-order valence-electron chi connectivity index (χ4n) is 4.54. The number of carbonyl (C=O) groups excluding carboxylic acids is 3. The molecule has 2 unspecified atom stereocenters. The van der Waals surface area contributed by atoms with Gasteiger partial charge in [-0.25, -0.2) is 8.78 Å². The van der Waals surface area contributed by atoms with Gasteiger partial charge in [0.05, 0.1) is 5.41 Å². The number of nitrogens with two attached hydrogens (primary N) is 1. The van der Waals surface area contributed by atoms with Gasteiger partial charge in [0.25, 0.3) is 5.91 Å². The first-order valence-corrected chi connectivity index (χ1v) is 9.80. The minimum Gasteiger partial charge on any atom is -0.330 e. The fourth-order valence-corrected chi connectivity index (χ4v) is 4.54. The van der Waals surface area contributed by atoms with E-state index < -0.39 is 23.8 Å². The zero-order valence-electron chi connectivity index (χ0n) is 16.0. The van der Waals surface area contributed by atoms with E-state index in [0.29, 0.717) is 38.0 Å². The van der Waals surface area contributed by atoms with Gasteiger partial charge in [-0.2, -0.15) is 0 Å². The van der Waals surface area contributed by atoms with Crippen LogP contribution in [0.1, 0.15) is 40.7 Å².